The smallest absolute Gasteiger partial charge is 0.224 e. The van der Waals surface area contributed by atoms with Gasteiger partial charge in [0, 0.05) is 12.1 Å². The molecule has 0 aliphatic rings. The quantitative estimate of drug-likeness (QED) is 0.761. The molecule has 1 aromatic carbocycles. The van der Waals surface area contributed by atoms with Crippen LogP contribution in [0.5, 0.6) is 5.75 Å². The SMILES string of the molecule is CC(C)CC(C)(CN)NC(=O)Cc1cccc(OC(C)C)c1.Cl. The van der Waals surface area contributed by atoms with Crippen LogP contribution in [0.25, 0.3) is 0 Å². The lowest BCUT2D eigenvalue weighted by Crippen LogP contribution is -2.52. The third kappa shape index (κ3) is 8.24. The van der Waals surface area contributed by atoms with Crippen LogP contribution in [0.3, 0.4) is 0 Å². The summed E-state index contributed by atoms with van der Waals surface area (Å²) in [6, 6.07) is 7.68. The van der Waals surface area contributed by atoms with Crippen molar-refractivity contribution < 1.29 is 9.53 Å². The first-order valence-electron chi connectivity index (χ1n) is 8.01. The molecule has 3 N–H and O–H groups in total. The van der Waals surface area contributed by atoms with Gasteiger partial charge in [0.25, 0.3) is 0 Å². The molecule has 0 heterocycles. The van der Waals surface area contributed by atoms with Crippen LogP contribution in [0.4, 0.5) is 0 Å². The van der Waals surface area contributed by atoms with Crippen LogP contribution in [0.15, 0.2) is 24.3 Å². The van der Waals surface area contributed by atoms with Crippen molar-refractivity contribution in [1.82, 2.24) is 5.32 Å². The van der Waals surface area contributed by atoms with Gasteiger partial charge >= 0.3 is 0 Å². The number of ether oxygens (including phenoxy) is 1. The third-order valence-corrected chi connectivity index (χ3v) is 3.39. The van der Waals surface area contributed by atoms with E-state index in [2.05, 4.69) is 19.2 Å². The van der Waals surface area contributed by atoms with Gasteiger partial charge in [-0.1, -0.05) is 26.0 Å². The second-order valence-electron chi connectivity index (χ2n) is 6.90. The highest BCUT2D eigenvalue weighted by Crippen LogP contribution is 2.17. The molecule has 0 aliphatic carbocycles. The highest BCUT2D eigenvalue weighted by molar-refractivity contribution is 5.85. The summed E-state index contributed by atoms with van der Waals surface area (Å²) >= 11 is 0. The molecule has 4 nitrogen and oxygen atoms in total. The first-order valence-corrected chi connectivity index (χ1v) is 8.01. The van der Waals surface area contributed by atoms with Crippen LogP contribution in [0.1, 0.15) is 46.6 Å². The Morgan fingerprint density at radius 1 is 1.30 bits per heavy atom. The number of nitrogens with two attached hydrogens (primary N) is 1. The van der Waals surface area contributed by atoms with E-state index in [1.807, 2.05) is 45.0 Å². The zero-order valence-corrected chi connectivity index (χ0v) is 15.7. The summed E-state index contributed by atoms with van der Waals surface area (Å²) < 4.78 is 5.66. The van der Waals surface area contributed by atoms with Gasteiger partial charge < -0.3 is 15.8 Å². The Morgan fingerprint density at radius 3 is 2.48 bits per heavy atom. The maximum atomic E-state index is 12.3. The highest BCUT2D eigenvalue weighted by Gasteiger charge is 2.25. The van der Waals surface area contributed by atoms with Crippen LogP contribution < -0.4 is 15.8 Å². The van der Waals surface area contributed by atoms with E-state index in [0.717, 1.165) is 17.7 Å². The first-order chi connectivity index (χ1) is 10.2. The van der Waals surface area contributed by atoms with Crippen LogP contribution in [0.2, 0.25) is 0 Å². The predicted molar refractivity (Wildman–Crippen MR) is 98.2 cm³/mol. The Kier molecular flexibility index (Phi) is 9.25. The van der Waals surface area contributed by atoms with Gasteiger partial charge in [-0.3, -0.25) is 4.79 Å². The number of benzene rings is 1. The number of carbonyl (C=O) groups is 1. The summed E-state index contributed by atoms with van der Waals surface area (Å²) in [6.45, 7) is 10.7. The van der Waals surface area contributed by atoms with E-state index in [1.165, 1.54) is 0 Å². The molecule has 1 amide bonds. The molecule has 1 atom stereocenters. The van der Waals surface area contributed by atoms with E-state index in [-0.39, 0.29) is 30.0 Å². The van der Waals surface area contributed by atoms with E-state index in [9.17, 15) is 4.79 Å². The highest BCUT2D eigenvalue weighted by atomic mass is 35.5. The normalized spacial score (nSPS) is 13.4. The molecule has 0 spiro atoms. The Balaban J connectivity index is 0.00000484. The average molecular weight is 343 g/mol. The Labute approximate surface area is 146 Å². The van der Waals surface area contributed by atoms with Crippen LogP contribution in [-0.4, -0.2) is 24.1 Å². The van der Waals surface area contributed by atoms with Crippen molar-refractivity contribution in [2.75, 3.05) is 6.54 Å². The largest absolute Gasteiger partial charge is 0.491 e. The topological polar surface area (TPSA) is 64.3 Å². The number of carbonyl (C=O) groups excluding carboxylic acids is 1. The molecule has 0 saturated heterocycles. The molecule has 1 unspecified atom stereocenters. The number of rotatable bonds is 8. The second kappa shape index (κ2) is 9.78. The fourth-order valence-electron chi connectivity index (χ4n) is 2.65. The van der Waals surface area contributed by atoms with Gasteiger partial charge in [0.2, 0.25) is 5.91 Å². The molecule has 0 saturated carbocycles. The molecule has 5 heteroatoms. The third-order valence-electron chi connectivity index (χ3n) is 3.39. The molecule has 132 valence electrons. The molecule has 0 radical (unpaired) electrons. The predicted octanol–water partition coefficient (Wildman–Crippen LogP) is 3.32. The fraction of sp³-hybridized carbons (Fsp3) is 0.611. The van der Waals surface area contributed by atoms with E-state index in [0.29, 0.717) is 18.9 Å². The zero-order chi connectivity index (χ0) is 16.8. The fourth-order valence-corrected chi connectivity index (χ4v) is 2.65. The Hall–Kier alpha value is -1.26. The molecule has 0 aliphatic heterocycles. The summed E-state index contributed by atoms with van der Waals surface area (Å²) in [4.78, 5) is 12.3. The molecule has 0 aromatic heterocycles. The van der Waals surface area contributed by atoms with Crippen molar-refractivity contribution in [1.29, 1.82) is 0 Å². The summed E-state index contributed by atoms with van der Waals surface area (Å²) in [7, 11) is 0. The van der Waals surface area contributed by atoms with Crippen LogP contribution in [-0.2, 0) is 11.2 Å². The number of hydrogen-bond donors (Lipinski definition) is 2. The Bertz CT molecular complexity index is 492. The number of hydrogen-bond acceptors (Lipinski definition) is 3. The van der Waals surface area contributed by atoms with Crippen LogP contribution in [0, 0.1) is 5.92 Å². The standard InChI is InChI=1S/C18H30N2O2.ClH/c1-13(2)11-18(5,12-19)20-17(21)10-15-7-6-8-16(9-15)22-14(3)4;/h6-9,13-14H,10-12,19H2,1-5H3,(H,20,21);1H. The lowest BCUT2D eigenvalue weighted by Gasteiger charge is -2.31. The van der Waals surface area contributed by atoms with Gasteiger partial charge in [0.05, 0.1) is 12.5 Å². The van der Waals surface area contributed by atoms with E-state index < -0.39 is 0 Å². The molecular weight excluding hydrogens is 312 g/mol. The lowest BCUT2D eigenvalue weighted by molar-refractivity contribution is -0.122. The number of nitrogens with one attached hydrogen (secondary N) is 1. The second-order valence-corrected chi connectivity index (χ2v) is 6.90. The van der Waals surface area contributed by atoms with Crippen molar-refractivity contribution in [2.45, 2.75) is 59.1 Å². The molecule has 0 bridgehead atoms. The summed E-state index contributed by atoms with van der Waals surface area (Å²) in [5.74, 6) is 1.27. The average Bonchev–Trinajstić information content (AvgIpc) is 2.36. The maximum absolute atomic E-state index is 12.3. The summed E-state index contributed by atoms with van der Waals surface area (Å²) in [5.41, 5.74) is 6.44. The van der Waals surface area contributed by atoms with Crippen molar-refractivity contribution >= 4 is 18.3 Å². The van der Waals surface area contributed by atoms with Gasteiger partial charge in [-0.2, -0.15) is 0 Å². The first kappa shape index (κ1) is 21.7. The van der Waals surface area contributed by atoms with Crippen molar-refractivity contribution in [3.05, 3.63) is 29.8 Å². The van der Waals surface area contributed by atoms with Crippen molar-refractivity contribution in [3.63, 3.8) is 0 Å². The van der Waals surface area contributed by atoms with E-state index in [1.54, 1.807) is 0 Å². The summed E-state index contributed by atoms with van der Waals surface area (Å²) in [6.07, 6.45) is 1.32. The van der Waals surface area contributed by atoms with Gasteiger partial charge in [0.15, 0.2) is 0 Å². The van der Waals surface area contributed by atoms with Gasteiger partial charge in [-0.25, -0.2) is 0 Å². The Morgan fingerprint density at radius 2 is 1.96 bits per heavy atom. The molecule has 1 aromatic rings. The zero-order valence-electron chi connectivity index (χ0n) is 14.9. The number of amides is 1. The molecular formula is C18H31ClN2O2. The van der Waals surface area contributed by atoms with E-state index in [4.69, 9.17) is 10.5 Å². The minimum atomic E-state index is -0.350. The monoisotopic (exact) mass is 342 g/mol. The summed E-state index contributed by atoms with van der Waals surface area (Å²) in [5, 5.41) is 3.08. The molecule has 23 heavy (non-hydrogen) atoms. The van der Waals surface area contributed by atoms with Gasteiger partial charge in [0.1, 0.15) is 5.75 Å². The maximum Gasteiger partial charge on any atom is 0.224 e. The van der Waals surface area contributed by atoms with E-state index >= 15 is 0 Å². The lowest BCUT2D eigenvalue weighted by atomic mass is 9.90. The van der Waals surface area contributed by atoms with Crippen LogP contribution >= 0.6 is 12.4 Å². The minimum absolute atomic E-state index is 0. The van der Waals surface area contributed by atoms with Gasteiger partial charge in [-0.15, -0.1) is 12.4 Å². The minimum Gasteiger partial charge on any atom is -0.491 e. The van der Waals surface area contributed by atoms with Gasteiger partial charge in [-0.05, 0) is 50.8 Å². The molecule has 0 fully saturated rings. The van der Waals surface area contributed by atoms with Crippen molar-refractivity contribution in [3.8, 4) is 5.75 Å². The van der Waals surface area contributed by atoms with Crippen molar-refractivity contribution in [2.24, 2.45) is 11.7 Å². The number of halogens is 1. The molecule has 1 rings (SSSR count).